The maximum absolute atomic E-state index is 13.3. The van der Waals surface area contributed by atoms with Gasteiger partial charge in [-0.1, -0.05) is 13.3 Å². The third-order valence-corrected chi connectivity index (χ3v) is 6.89. The van der Waals surface area contributed by atoms with Crippen LogP contribution in [0.2, 0.25) is 0 Å². The summed E-state index contributed by atoms with van der Waals surface area (Å²) in [7, 11) is 3.29. The summed E-state index contributed by atoms with van der Waals surface area (Å²) in [4.78, 5) is 13.3. The number of unbranched alkanes of at least 4 members (excludes halogenated alkanes) is 1. The molecular formula is C23H40O8. The van der Waals surface area contributed by atoms with E-state index in [1.54, 1.807) is 14.2 Å². The van der Waals surface area contributed by atoms with Crippen molar-refractivity contribution in [1.82, 2.24) is 0 Å². The fraction of sp³-hybridized carbons (Fsp3) is 0.957. The Morgan fingerprint density at radius 1 is 0.806 bits per heavy atom. The molecule has 0 amide bonds. The zero-order valence-electron chi connectivity index (χ0n) is 19.4. The van der Waals surface area contributed by atoms with Crippen molar-refractivity contribution < 1.29 is 38.0 Å². The second-order valence-electron chi connectivity index (χ2n) is 9.47. The monoisotopic (exact) mass is 444 g/mol. The minimum absolute atomic E-state index is 0.0911. The van der Waals surface area contributed by atoms with Gasteiger partial charge in [0.05, 0.1) is 49.7 Å². The van der Waals surface area contributed by atoms with Crippen molar-refractivity contribution in [1.29, 1.82) is 0 Å². The fourth-order valence-corrected chi connectivity index (χ4v) is 6.01. The molecule has 4 bridgehead atoms. The molecule has 0 spiro atoms. The zero-order chi connectivity index (χ0) is 22.2. The van der Waals surface area contributed by atoms with Crippen molar-refractivity contribution in [3.63, 3.8) is 0 Å². The normalized spacial score (nSPS) is 33.7. The SMILES string of the molecule is CCCCOC(=O)C12CC3C[C@](OCOCCOC)(C1)C[C@@](OCOCCOC)(C3)C2. The van der Waals surface area contributed by atoms with E-state index in [9.17, 15) is 4.79 Å². The second kappa shape index (κ2) is 11.4. The van der Waals surface area contributed by atoms with Gasteiger partial charge in [-0.05, 0) is 44.4 Å². The average molecular weight is 445 g/mol. The summed E-state index contributed by atoms with van der Waals surface area (Å²) >= 11 is 0. The van der Waals surface area contributed by atoms with Crippen LogP contribution in [0.4, 0.5) is 0 Å². The average Bonchev–Trinajstić information content (AvgIpc) is 2.72. The molecule has 4 rings (SSSR count). The highest BCUT2D eigenvalue weighted by Gasteiger charge is 2.67. The van der Waals surface area contributed by atoms with Gasteiger partial charge >= 0.3 is 5.97 Å². The first-order valence-corrected chi connectivity index (χ1v) is 11.6. The molecule has 2 unspecified atom stereocenters. The lowest BCUT2D eigenvalue weighted by Crippen LogP contribution is -2.67. The molecule has 8 heteroatoms. The molecule has 0 aromatic rings. The quantitative estimate of drug-likeness (QED) is 0.204. The van der Waals surface area contributed by atoms with Crippen LogP contribution in [0.5, 0.6) is 0 Å². The highest BCUT2D eigenvalue weighted by atomic mass is 16.7. The van der Waals surface area contributed by atoms with E-state index in [1.165, 1.54) is 0 Å². The number of methoxy groups -OCH3 is 2. The Kier molecular flexibility index (Phi) is 9.13. The third kappa shape index (κ3) is 6.18. The van der Waals surface area contributed by atoms with Crippen LogP contribution in [-0.4, -0.2) is 78.0 Å². The Morgan fingerprint density at radius 3 is 1.90 bits per heavy atom. The summed E-state index contributed by atoms with van der Waals surface area (Å²) in [5.74, 6) is 0.277. The van der Waals surface area contributed by atoms with Gasteiger partial charge in [0.15, 0.2) is 0 Å². The molecule has 4 fully saturated rings. The van der Waals surface area contributed by atoms with E-state index in [4.69, 9.17) is 33.2 Å². The molecule has 0 radical (unpaired) electrons. The molecule has 8 nitrogen and oxygen atoms in total. The molecule has 180 valence electrons. The van der Waals surface area contributed by atoms with Crippen molar-refractivity contribution in [3.8, 4) is 0 Å². The van der Waals surface area contributed by atoms with E-state index in [-0.39, 0.29) is 19.6 Å². The summed E-state index contributed by atoms with van der Waals surface area (Å²) in [6.45, 7) is 4.97. The van der Waals surface area contributed by atoms with Gasteiger partial charge in [0, 0.05) is 20.6 Å². The third-order valence-electron chi connectivity index (χ3n) is 6.89. The lowest BCUT2D eigenvalue weighted by molar-refractivity contribution is -0.293. The van der Waals surface area contributed by atoms with Gasteiger partial charge in [-0.3, -0.25) is 4.79 Å². The Morgan fingerprint density at radius 2 is 1.39 bits per heavy atom. The molecule has 0 aromatic carbocycles. The summed E-state index contributed by atoms with van der Waals surface area (Å²) in [6.07, 6.45) is 6.69. The summed E-state index contributed by atoms with van der Waals surface area (Å²) in [5.41, 5.74) is -1.40. The molecule has 4 aliphatic rings. The number of rotatable bonds is 16. The van der Waals surface area contributed by atoms with Gasteiger partial charge in [-0.25, -0.2) is 0 Å². The van der Waals surface area contributed by atoms with E-state index >= 15 is 0 Å². The van der Waals surface area contributed by atoms with Crippen LogP contribution in [0.15, 0.2) is 0 Å². The van der Waals surface area contributed by atoms with Crippen LogP contribution in [-0.2, 0) is 38.0 Å². The first-order chi connectivity index (χ1) is 15.0. The Balaban J connectivity index is 1.69. The molecule has 0 aliphatic heterocycles. The van der Waals surface area contributed by atoms with Crippen molar-refractivity contribution in [2.45, 2.75) is 69.5 Å². The summed E-state index contributed by atoms with van der Waals surface area (Å²) < 4.78 is 39.7. The maximum Gasteiger partial charge on any atom is 0.312 e. The number of hydrogen-bond donors (Lipinski definition) is 0. The van der Waals surface area contributed by atoms with Gasteiger partial charge in [0.25, 0.3) is 0 Å². The van der Waals surface area contributed by atoms with Gasteiger partial charge < -0.3 is 33.2 Å². The van der Waals surface area contributed by atoms with Crippen molar-refractivity contribution in [2.75, 3.05) is 60.8 Å². The molecule has 4 saturated carbocycles. The fourth-order valence-electron chi connectivity index (χ4n) is 6.01. The first kappa shape index (κ1) is 24.9. The number of carbonyl (C=O) groups is 1. The minimum Gasteiger partial charge on any atom is -0.465 e. The minimum atomic E-state index is -0.549. The van der Waals surface area contributed by atoms with Crippen molar-refractivity contribution in [2.24, 2.45) is 11.3 Å². The van der Waals surface area contributed by atoms with E-state index in [1.807, 2.05) is 0 Å². The molecule has 0 N–H and O–H groups in total. The standard InChI is InChI=1S/C23H40O8/c1-4-5-6-29-20(24)21-11-19-12-22(14-21,30-17-27-9-7-25-2)16-23(13-19,15-21)31-18-28-10-8-26-3/h19H,4-18H2,1-3H3/t19?,21?,22-,23+. The largest absolute Gasteiger partial charge is 0.465 e. The lowest BCUT2D eigenvalue weighted by Gasteiger charge is -2.64. The molecular weight excluding hydrogens is 404 g/mol. The smallest absolute Gasteiger partial charge is 0.312 e. The van der Waals surface area contributed by atoms with Crippen molar-refractivity contribution >= 4 is 5.97 Å². The number of esters is 1. The molecule has 0 heterocycles. The number of carbonyl (C=O) groups excluding carboxylic acids is 1. The molecule has 0 saturated heterocycles. The van der Waals surface area contributed by atoms with Crippen LogP contribution >= 0.6 is 0 Å². The predicted octanol–water partition coefficient (Wildman–Crippen LogP) is 3.07. The topological polar surface area (TPSA) is 81.7 Å². The molecule has 4 atom stereocenters. The molecule has 31 heavy (non-hydrogen) atoms. The first-order valence-electron chi connectivity index (χ1n) is 11.6. The number of ether oxygens (including phenoxy) is 7. The maximum atomic E-state index is 13.3. The van der Waals surface area contributed by atoms with Gasteiger partial charge in [0.1, 0.15) is 13.6 Å². The molecule has 4 aliphatic carbocycles. The Hall–Kier alpha value is -0.770. The van der Waals surface area contributed by atoms with Crippen LogP contribution in [0.3, 0.4) is 0 Å². The van der Waals surface area contributed by atoms with Crippen LogP contribution in [0.25, 0.3) is 0 Å². The van der Waals surface area contributed by atoms with Crippen LogP contribution < -0.4 is 0 Å². The van der Waals surface area contributed by atoms with E-state index < -0.39 is 16.6 Å². The van der Waals surface area contributed by atoms with Crippen molar-refractivity contribution in [3.05, 3.63) is 0 Å². The highest BCUT2D eigenvalue weighted by Crippen LogP contribution is 2.65. The number of hydrogen-bond acceptors (Lipinski definition) is 8. The van der Waals surface area contributed by atoms with Gasteiger partial charge in [-0.15, -0.1) is 0 Å². The van der Waals surface area contributed by atoms with Crippen LogP contribution in [0, 0.1) is 11.3 Å². The summed E-state index contributed by atoms with van der Waals surface area (Å²) in [6, 6.07) is 0. The Labute approximate surface area is 186 Å². The highest BCUT2D eigenvalue weighted by molar-refractivity contribution is 5.78. The zero-order valence-corrected chi connectivity index (χ0v) is 19.4. The van der Waals surface area contributed by atoms with E-state index in [0.717, 1.165) is 38.5 Å². The predicted molar refractivity (Wildman–Crippen MR) is 113 cm³/mol. The van der Waals surface area contributed by atoms with Gasteiger partial charge in [-0.2, -0.15) is 0 Å². The van der Waals surface area contributed by atoms with E-state index in [2.05, 4.69) is 6.92 Å². The Bertz CT molecular complexity index is 538. The van der Waals surface area contributed by atoms with E-state index in [0.29, 0.717) is 51.8 Å². The second-order valence-corrected chi connectivity index (χ2v) is 9.47. The van der Waals surface area contributed by atoms with Gasteiger partial charge in [0.2, 0.25) is 0 Å². The summed E-state index contributed by atoms with van der Waals surface area (Å²) in [5, 5.41) is 0. The van der Waals surface area contributed by atoms with Crippen LogP contribution in [0.1, 0.15) is 58.3 Å². The lowest BCUT2D eigenvalue weighted by atomic mass is 9.46. The molecule has 0 aromatic heterocycles.